The molecule has 6 rings (SSSR count). The topological polar surface area (TPSA) is 219 Å². The molecule has 1 aliphatic heterocycles. The number of aryl methyl sites for hydroxylation is 1. The molecule has 3 heterocycles. The predicted octanol–water partition coefficient (Wildman–Crippen LogP) is 5.47. The molecule has 5 N–H and O–H groups in total. The lowest BCUT2D eigenvalue weighted by atomic mass is 9.81. The molecule has 1 saturated heterocycles. The Morgan fingerprint density at radius 3 is 2.15 bits per heavy atom. The number of carbonyl (C=O) groups excluding carboxylic acids is 3. The van der Waals surface area contributed by atoms with E-state index in [0.29, 0.717) is 49.7 Å². The molecule has 19 heteroatoms. The number of ether oxygens (including phenoxy) is 2. The van der Waals surface area contributed by atoms with Crippen molar-refractivity contribution in [3.63, 3.8) is 0 Å². The van der Waals surface area contributed by atoms with Gasteiger partial charge in [-0.25, -0.2) is 14.6 Å². The number of benzene rings is 2. The molecule has 4 aromatic rings. The van der Waals surface area contributed by atoms with Gasteiger partial charge in [0.15, 0.2) is 0 Å². The Labute approximate surface area is 345 Å². The lowest BCUT2D eigenvalue weighted by molar-refractivity contribution is -0.192. The number of nitrogens with zero attached hydrogens (tertiary/aromatic N) is 6. The third-order valence-corrected chi connectivity index (χ3v) is 10.1. The standard InChI is InChI=1S/C39H49N9O5.C2HF3O2/c1-25-21-34(47-17-19-52-20-18-47)41-24-32(25)28-9-5-26(6-10-28)22-33(35(40)49)48(31-15-13-29(14-16-31)36-43-45-46-44-36)37(50)30-11-7-27(8-12-30)23-42-38(51)53-39(2,3)4;3-2(4,5)1(6)7/h5-6,9-10,13-16,21,24,27,30,33H,7-8,11-12,17-20,22-23H2,1-4H3,(H2,40,49)(H,42,51)(H,43,44,45,46);(H,6,7)/t27?,30?,33-;/m0./s1. The first-order valence-electron chi connectivity index (χ1n) is 19.5. The molecule has 1 saturated carbocycles. The highest BCUT2D eigenvalue weighted by Gasteiger charge is 2.38. The molecule has 3 amide bonds. The Bertz CT molecular complexity index is 2060. The van der Waals surface area contributed by atoms with Gasteiger partial charge in [0.05, 0.1) is 13.2 Å². The lowest BCUT2D eigenvalue weighted by Gasteiger charge is -2.36. The summed E-state index contributed by atoms with van der Waals surface area (Å²) in [6.45, 7) is 11.1. The van der Waals surface area contributed by atoms with E-state index in [4.69, 9.17) is 30.1 Å². The highest BCUT2D eigenvalue weighted by Crippen LogP contribution is 2.34. The van der Waals surface area contributed by atoms with Crippen molar-refractivity contribution in [2.75, 3.05) is 42.6 Å². The molecule has 16 nitrogen and oxygen atoms in total. The summed E-state index contributed by atoms with van der Waals surface area (Å²) >= 11 is 0. The zero-order valence-electron chi connectivity index (χ0n) is 33.9. The molecule has 60 heavy (non-hydrogen) atoms. The minimum absolute atomic E-state index is 0.154. The van der Waals surface area contributed by atoms with Gasteiger partial charge < -0.3 is 30.5 Å². The number of carboxylic acids is 1. The van der Waals surface area contributed by atoms with Crippen molar-refractivity contribution >= 4 is 35.4 Å². The summed E-state index contributed by atoms with van der Waals surface area (Å²) in [6.07, 6.45) is -0.651. The van der Waals surface area contributed by atoms with Crippen molar-refractivity contribution in [1.82, 2.24) is 30.9 Å². The first-order valence-corrected chi connectivity index (χ1v) is 19.5. The normalized spacial score (nSPS) is 17.4. The number of alkyl halides is 3. The molecule has 1 atom stereocenters. The number of aliphatic carboxylic acids is 1. The molecular formula is C41H50F3N9O7. The van der Waals surface area contributed by atoms with Crippen LogP contribution in [-0.2, 0) is 30.3 Å². The summed E-state index contributed by atoms with van der Waals surface area (Å²) in [6, 6.07) is 16.3. The Hall–Kier alpha value is -6.11. The second kappa shape index (κ2) is 19.8. The van der Waals surface area contributed by atoms with Crippen molar-refractivity contribution in [2.45, 2.75) is 77.6 Å². The number of rotatable bonds is 11. The number of hydrogen-bond acceptors (Lipinski definition) is 11. The van der Waals surface area contributed by atoms with Crippen LogP contribution in [0.1, 0.15) is 57.6 Å². The molecule has 0 spiro atoms. The number of hydrogen-bond donors (Lipinski definition) is 4. The molecule has 322 valence electrons. The molecule has 2 fully saturated rings. The number of amides is 3. The number of primary amides is 1. The minimum atomic E-state index is -5.08. The molecule has 0 bridgehead atoms. The molecule has 0 unspecified atom stereocenters. The monoisotopic (exact) mass is 837 g/mol. The number of morpholine rings is 1. The number of anilines is 2. The largest absolute Gasteiger partial charge is 0.490 e. The summed E-state index contributed by atoms with van der Waals surface area (Å²) in [5.74, 6) is -2.25. The van der Waals surface area contributed by atoms with Crippen LogP contribution in [0.15, 0.2) is 60.8 Å². The van der Waals surface area contributed by atoms with E-state index in [1.54, 1.807) is 29.2 Å². The summed E-state index contributed by atoms with van der Waals surface area (Å²) in [7, 11) is 0. The van der Waals surface area contributed by atoms with Crippen LogP contribution < -0.4 is 20.9 Å². The highest BCUT2D eigenvalue weighted by molar-refractivity contribution is 6.01. The van der Waals surface area contributed by atoms with Crippen LogP contribution in [0.3, 0.4) is 0 Å². The summed E-state index contributed by atoms with van der Waals surface area (Å²) < 4.78 is 42.6. The Balaban J connectivity index is 0.000000896. The number of aromatic nitrogens is 5. The number of carbonyl (C=O) groups is 4. The second-order valence-electron chi connectivity index (χ2n) is 15.7. The average Bonchev–Trinajstić information content (AvgIpc) is 3.76. The van der Waals surface area contributed by atoms with Crippen molar-refractivity contribution in [1.29, 1.82) is 0 Å². The molecule has 2 aliphatic rings. The van der Waals surface area contributed by atoms with Crippen molar-refractivity contribution < 1.29 is 46.9 Å². The maximum Gasteiger partial charge on any atom is 0.490 e. The molecule has 1 aliphatic carbocycles. The van der Waals surface area contributed by atoms with Gasteiger partial charge in [-0.3, -0.25) is 14.5 Å². The van der Waals surface area contributed by atoms with Gasteiger partial charge in [-0.15, -0.1) is 10.2 Å². The van der Waals surface area contributed by atoms with E-state index in [9.17, 15) is 27.6 Å². The van der Waals surface area contributed by atoms with Gasteiger partial charge in [0.1, 0.15) is 17.5 Å². The third kappa shape index (κ3) is 12.5. The third-order valence-electron chi connectivity index (χ3n) is 10.1. The Morgan fingerprint density at radius 2 is 1.62 bits per heavy atom. The van der Waals surface area contributed by atoms with Crippen LogP contribution >= 0.6 is 0 Å². The molecule has 0 radical (unpaired) electrons. The van der Waals surface area contributed by atoms with Gasteiger partial charge in [0.25, 0.3) is 0 Å². The van der Waals surface area contributed by atoms with E-state index in [2.05, 4.69) is 43.8 Å². The van der Waals surface area contributed by atoms with Crippen LogP contribution in [0.4, 0.5) is 29.5 Å². The van der Waals surface area contributed by atoms with Gasteiger partial charge in [-0.1, -0.05) is 24.3 Å². The summed E-state index contributed by atoms with van der Waals surface area (Å²) in [5, 5.41) is 24.2. The van der Waals surface area contributed by atoms with Gasteiger partial charge >= 0.3 is 18.2 Å². The van der Waals surface area contributed by atoms with Crippen molar-refractivity contribution in [3.05, 3.63) is 71.9 Å². The number of H-pyrrole nitrogens is 1. The summed E-state index contributed by atoms with van der Waals surface area (Å²) in [4.78, 5) is 57.4. The molecular weight excluding hydrogens is 788 g/mol. The SMILES string of the molecule is Cc1cc(N2CCOCC2)ncc1-c1ccc(C[C@@H](C(N)=O)N(C(=O)C2CCC(CNC(=O)OC(C)(C)C)CC2)c2ccc(-c3nn[nH]n3)cc2)cc1.O=C(O)C(F)(F)F. The van der Waals surface area contributed by atoms with E-state index in [1.807, 2.05) is 51.2 Å². The number of nitrogens with two attached hydrogens (primary N) is 1. The number of carboxylic acid groups (broad SMARTS) is 1. The Kier molecular flexibility index (Phi) is 14.8. The summed E-state index contributed by atoms with van der Waals surface area (Å²) in [5.41, 5.74) is 10.8. The van der Waals surface area contributed by atoms with Crippen LogP contribution in [0.25, 0.3) is 22.5 Å². The quantitative estimate of drug-likeness (QED) is 0.148. The van der Waals surface area contributed by atoms with E-state index in [-0.39, 0.29) is 24.2 Å². The maximum atomic E-state index is 14.5. The van der Waals surface area contributed by atoms with Crippen LogP contribution in [0.5, 0.6) is 0 Å². The number of alkyl carbamates (subject to hydrolysis) is 1. The fourth-order valence-corrected chi connectivity index (χ4v) is 7.04. The highest BCUT2D eigenvalue weighted by atomic mass is 19.4. The van der Waals surface area contributed by atoms with E-state index in [1.165, 1.54) is 0 Å². The number of pyridine rings is 1. The van der Waals surface area contributed by atoms with Crippen LogP contribution in [-0.4, -0.2) is 105 Å². The predicted molar refractivity (Wildman–Crippen MR) is 215 cm³/mol. The number of tetrazole rings is 1. The van der Waals surface area contributed by atoms with Crippen molar-refractivity contribution in [2.24, 2.45) is 17.6 Å². The van der Waals surface area contributed by atoms with E-state index >= 15 is 0 Å². The average molecular weight is 838 g/mol. The van der Waals surface area contributed by atoms with Crippen LogP contribution in [0.2, 0.25) is 0 Å². The van der Waals surface area contributed by atoms with Gasteiger partial charge in [-0.2, -0.15) is 18.4 Å². The second-order valence-corrected chi connectivity index (χ2v) is 15.7. The zero-order chi connectivity index (χ0) is 43.6. The van der Waals surface area contributed by atoms with Gasteiger partial charge in [0.2, 0.25) is 17.6 Å². The first-order chi connectivity index (χ1) is 28.4. The van der Waals surface area contributed by atoms with Gasteiger partial charge in [-0.05, 0) is 112 Å². The van der Waals surface area contributed by atoms with Crippen LogP contribution in [0, 0.1) is 18.8 Å². The zero-order valence-corrected chi connectivity index (χ0v) is 33.9. The van der Waals surface area contributed by atoms with E-state index in [0.717, 1.165) is 54.0 Å². The molecule has 2 aromatic carbocycles. The first kappa shape index (κ1) is 45.0. The number of nitrogens with one attached hydrogen (secondary N) is 2. The lowest BCUT2D eigenvalue weighted by Crippen LogP contribution is -2.52. The number of halogens is 3. The minimum Gasteiger partial charge on any atom is -0.475 e. The number of aromatic amines is 1. The van der Waals surface area contributed by atoms with Crippen molar-refractivity contribution in [3.8, 4) is 22.5 Å². The van der Waals surface area contributed by atoms with Gasteiger partial charge in [0, 0.05) is 55.0 Å². The Morgan fingerprint density at radius 1 is 1.00 bits per heavy atom. The fourth-order valence-electron chi connectivity index (χ4n) is 7.04. The fraction of sp³-hybridized carbons (Fsp3) is 0.463. The maximum absolute atomic E-state index is 14.5. The smallest absolute Gasteiger partial charge is 0.475 e. The van der Waals surface area contributed by atoms with E-state index < -0.39 is 35.8 Å². The molecule has 2 aromatic heterocycles.